The minimum absolute atomic E-state index is 0.426. The van der Waals surface area contributed by atoms with Gasteiger partial charge in [-0.25, -0.2) is 4.79 Å². The SMILES string of the molecule is O=C(O)c1cc(B(O)O)cnc1C(F)(F)F. The van der Waals surface area contributed by atoms with Crippen molar-refractivity contribution in [2.24, 2.45) is 0 Å². The van der Waals surface area contributed by atoms with Crippen LogP contribution in [0.1, 0.15) is 16.1 Å². The molecule has 0 radical (unpaired) electrons. The zero-order chi connectivity index (χ0) is 12.5. The van der Waals surface area contributed by atoms with Gasteiger partial charge in [-0.3, -0.25) is 4.98 Å². The lowest BCUT2D eigenvalue weighted by Crippen LogP contribution is -2.32. The number of rotatable bonds is 2. The largest absolute Gasteiger partial charge is 0.490 e. The van der Waals surface area contributed by atoms with Gasteiger partial charge in [0.2, 0.25) is 0 Å². The second-order valence-corrected chi connectivity index (χ2v) is 2.84. The van der Waals surface area contributed by atoms with Gasteiger partial charge >= 0.3 is 19.3 Å². The Morgan fingerprint density at radius 2 is 1.94 bits per heavy atom. The smallest absolute Gasteiger partial charge is 0.478 e. The van der Waals surface area contributed by atoms with E-state index in [0.717, 1.165) is 0 Å². The molecule has 0 saturated heterocycles. The van der Waals surface area contributed by atoms with E-state index in [0.29, 0.717) is 12.3 Å². The van der Waals surface area contributed by atoms with Crippen LogP contribution in [-0.2, 0) is 6.18 Å². The van der Waals surface area contributed by atoms with Gasteiger partial charge in [-0.05, 0) is 6.07 Å². The predicted molar refractivity (Wildman–Crippen MR) is 46.0 cm³/mol. The zero-order valence-corrected chi connectivity index (χ0v) is 7.56. The molecule has 3 N–H and O–H groups in total. The van der Waals surface area contributed by atoms with Crippen molar-refractivity contribution in [1.29, 1.82) is 0 Å². The fraction of sp³-hybridized carbons (Fsp3) is 0.143. The number of alkyl halides is 3. The molecule has 0 unspecified atom stereocenters. The summed E-state index contributed by atoms with van der Waals surface area (Å²) in [7, 11) is -2.08. The number of aromatic nitrogens is 1. The van der Waals surface area contributed by atoms with E-state index in [-0.39, 0.29) is 0 Å². The summed E-state index contributed by atoms with van der Waals surface area (Å²) in [5, 5.41) is 25.9. The summed E-state index contributed by atoms with van der Waals surface area (Å²) in [6, 6.07) is 0.517. The highest BCUT2D eigenvalue weighted by atomic mass is 19.4. The average molecular weight is 235 g/mol. The molecular weight excluding hydrogens is 230 g/mol. The molecule has 1 aromatic heterocycles. The van der Waals surface area contributed by atoms with Crippen molar-refractivity contribution in [2.45, 2.75) is 6.18 Å². The molecule has 1 aromatic rings. The summed E-state index contributed by atoms with van der Waals surface area (Å²) in [5.74, 6) is -1.85. The average Bonchev–Trinajstić information content (AvgIpc) is 2.15. The number of pyridine rings is 1. The molecule has 0 aliphatic carbocycles. The lowest BCUT2D eigenvalue weighted by atomic mass is 9.80. The van der Waals surface area contributed by atoms with Crippen LogP contribution in [0.5, 0.6) is 0 Å². The van der Waals surface area contributed by atoms with E-state index in [9.17, 15) is 18.0 Å². The normalized spacial score (nSPS) is 11.3. The highest BCUT2D eigenvalue weighted by Gasteiger charge is 2.37. The Bertz CT molecular complexity index is 421. The Morgan fingerprint density at radius 3 is 2.31 bits per heavy atom. The van der Waals surface area contributed by atoms with Crippen LogP contribution in [0.2, 0.25) is 0 Å². The van der Waals surface area contributed by atoms with E-state index >= 15 is 0 Å². The molecular formula is C7H5BF3NO4. The fourth-order valence-electron chi connectivity index (χ4n) is 1.01. The van der Waals surface area contributed by atoms with Gasteiger partial charge in [-0.1, -0.05) is 0 Å². The molecule has 0 atom stereocenters. The Hall–Kier alpha value is -1.61. The summed E-state index contributed by atoms with van der Waals surface area (Å²) in [6.45, 7) is 0. The molecule has 5 nitrogen and oxygen atoms in total. The third kappa shape index (κ3) is 2.50. The van der Waals surface area contributed by atoms with Gasteiger partial charge in [0.05, 0.1) is 5.56 Å². The molecule has 0 bridgehead atoms. The first-order valence-electron chi connectivity index (χ1n) is 3.90. The standard InChI is InChI=1S/C7H5BF3NO4/c9-7(10,11)5-4(6(13)14)1-3(2-12-5)8(15)16/h1-2,15-16H,(H,13,14). The van der Waals surface area contributed by atoms with Crippen LogP contribution in [0.3, 0.4) is 0 Å². The van der Waals surface area contributed by atoms with Crippen LogP contribution < -0.4 is 5.46 Å². The van der Waals surface area contributed by atoms with Crippen LogP contribution in [0.25, 0.3) is 0 Å². The Kier molecular flexibility index (Phi) is 3.20. The number of hydrogen-bond donors (Lipinski definition) is 3. The number of carboxylic acid groups (broad SMARTS) is 1. The van der Waals surface area contributed by atoms with Crippen molar-refractivity contribution in [3.63, 3.8) is 0 Å². The van der Waals surface area contributed by atoms with E-state index in [1.54, 1.807) is 0 Å². The first-order chi connectivity index (χ1) is 7.23. The number of aromatic carboxylic acids is 1. The third-order valence-corrected chi connectivity index (χ3v) is 1.71. The van der Waals surface area contributed by atoms with E-state index < -0.39 is 36.0 Å². The molecule has 0 spiro atoms. The van der Waals surface area contributed by atoms with Gasteiger partial charge in [0, 0.05) is 11.7 Å². The number of carboxylic acids is 1. The third-order valence-electron chi connectivity index (χ3n) is 1.71. The van der Waals surface area contributed by atoms with E-state index in [2.05, 4.69) is 4.98 Å². The summed E-state index contributed by atoms with van der Waals surface area (Å²) in [4.78, 5) is 13.4. The highest BCUT2D eigenvalue weighted by molar-refractivity contribution is 6.58. The molecule has 9 heteroatoms. The molecule has 0 amide bonds. The van der Waals surface area contributed by atoms with Gasteiger partial charge in [-0.15, -0.1) is 0 Å². The van der Waals surface area contributed by atoms with Crippen LogP contribution in [0.4, 0.5) is 13.2 Å². The van der Waals surface area contributed by atoms with Gasteiger partial charge in [0.15, 0.2) is 5.69 Å². The van der Waals surface area contributed by atoms with E-state index in [1.165, 1.54) is 0 Å². The lowest BCUT2D eigenvalue weighted by molar-refractivity contribution is -0.141. The van der Waals surface area contributed by atoms with Gasteiger partial charge < -0.3 is 15.2 Å². The molecule has 0 aliphatic heterocycles. The molecule has 16 heavy (non-hydrogen) atoms. The monoisotopic (exact) mass is 235 g/mol. The lowest BCUT2D eigenvalue weighted by Gasteiger charge is -2.10. The van der Waals surface area contributed by atoms with E-state index in [4.69, 9.17) is 15.2 Å². The Balaban J connectivity index is 3.37. The van der Waals surface area contributed by atoms with Crippen molar-refractivity contribution < 1.29 is 33.1 Å². The van der Waals surface area contributed by atoms with Gasteiger partial charge in [0.25, 0.3) is 0 Å². The van der Waals surface area contributed by atoms with Crippen molar-refractivity contribution in [3.8, 4) is 0 Å². The van der Waals surface area contributed by atoms with Gasteiger partial charge in [-0.2, -0.15) is 13.2 Å². The van der Waals surface area contributed by atoms with Crippen LogP contribution >= 0.6 is 0 Å². The number of nitrogens with zero attached hydrogens (tertiary/aromatic N) is 1. The van der Waals surface area contributed by atoms with E-state index in [1.807, 2.05) is 0 Å². The maximum absolute atomic E-state index is 12.3. The second-order valence-electron chi connectivity index (χ2n) is 2.84. The molecule has 0 saturated carbocycles. The Labute approximate surface area is 87.3 Å². The maximum Gasteiger partial charge on any atom is 0.490 e. The van der Waals surface area contributed by atoms with Crippen molar-refractivity contribution in [3.05, 3.63) is 23.5 Å². The zero-order valence-electron chi connectivity index (χ0n) is 7.56. The molecule has 1 heterocycles. The molecule has 0 fully saturated rings. The molecule has 1 rings (SSSR count). The summed E-state index contributed by atoms with van der Waals surface area (Å²) >= 11 is 0. The fourth-order valence-corrected chi connectivity index (χ4v) is 1.01. The minimum Gasteiger partial charge on any atom is -0.478 e. The molecule has 86 valence electrons. The topological polar surface area (TPSA) is 90.7 Å². The summed E-state index contributed by atoms with van der Waals surface area (Å²) in [5.41, 5.74) is -3.13. The first kappa shape index (κ1) is 12.5. The number of halogens is 3. The minimum atomic E-state index is -4.91. The summed E-state index contributed by atoms with van der Waals surface area (Å²) < 4.78 is 36.9. The summed E-state index contributed by atoms with van der Waals surface area (Å²) in [6.07, 6.45) is -4.35. The highest BCUT2D eigenvalue weighted by Crippen LogP contribution is 2.29. The van der Waals surface area contributed by atoms with Gasteiger partial charge in [0.1, 0.15) is 0 Å². The van der Waals surface area contributed by atoms with Crippen molar-refractivity contribution in [2.75, 3.05) is 0 Å². The van der Waals surface area contributed by atoms with Crippen LogP contribution in [0, 0.1) is 0 Å². The van der Waals surface area contributed by atoms with Crippen LogP contribution in [0.15, 0.2) is 12.3 Å². The Morgan fingerprint density at radius 1 is 1.38 bits per heavy atom. The first-order valence-corrected chi connectivity index (χ1v) is 3.90. The van der Waals surface area contributed by atoms with Crippen molar-refractivity contribution >= 4 is 18.6 Å². The second kappa shape index (κ2) is 4.10. The number of hydrogen-bond acceptors (Lipinski definition) is 4. The van der Waals surface area contributed by atoms with Crippen molar-refractivity contribution in [1.82, 2.24) is 4.98 Å². The molecule has 0 aromatic carbocycles. The quantitative estimate of drug-likeness (QED) is 0.600. The van der Waals surface area contributed by atoms with Crippen LogP contribution in [-0.4, -0.2) is 33.2 Å². The predicted octanol–water partition coefficient (Wildman–Crippen LogP) is -0.522. The number of carbonyl (C=O) groups is 1. The molecule has 0 aliphatic rings. The maximum atomic E-state index is 12.3.